The van der Waals surface area contributed by atoms with Crippen LogP contribution in [0.5, 0.6) is 5.75 Å². The molecule has 1 aromatic heterocycles. The van der Waals surface area contributed by atoms with Crippen LogP contribution in [-0.2, 0) is 27.8 Å². The van der Waals surface area contributed by atoms with Crippen LogP contribution in [0.2, 0.25) is 0 Å². The molecular weight excluding hydrogens is 538 g/mol. The van der Waals surface area contributed by atoms with Crippen LogP contribution in [0.15, 0.2) is 77.8 Å². The van der Waals surface area contributed by atoms with Gasteiger partial charge >= 0.3 is 5.97 Å². The van der Waals surface area contributed by atoms with Crippen LogP contribution in [0.3, 0.4) is 0 Å². The summed E-state index contributed by atoms with van der Waals surface area (Å²) in [7, 11) is -4.16. The molecule has 4 aromatic rings. The van der Waals surface area contributed by atoms with Crippen molar-refractivity contribution in [3.05, 3.63) is 95.2 Å². The fourth-order valence-corrected chi connectivity index (χ4v) is 5.69. The number of carbonyl (C=O) groups is 1. The van der Waals surface area contributed by atoms with Crippen LogP contribution >= 0.6 is 0 Å². The van der Waals surface area contributed by atoms with Crippen LogP contribution < -0.4 is 9.46 Å². The Hall–Kier alpha value is -4.57. The van der Waals surface area contributed by atoms with Crippen molar-refractivity contribution in [1.29, 1.82) is 5.26 Å². The largest absolute Gasteiger partial charge is 0.481 e. The second-order valence-electron chi connectivity index (χ2n) is 9.93. The first-order valence-electron chi connectivity index (χ1n) is 13.1. The number of ether oxygens (including phenoxy) is 1. The Kier molecular flexibility index (Phi) is 9.14. The van der Waals surface area contributed by atoms with Gasteiger partial charge in [0.2, 0.25) is 10.0 Å². The van der Waals surface area contributed by atoms with E-state index in [1.54, 1.807) is 19.1 Å². The molecule has 8 nitrogen and oxygen atoms in total. The molecule has 0 bridgehead atoms. The van der Waals surface area contributed by atoms with E-state index in [0.29, 0.717) is 34.7 Å². The summed E-state index contributed by atoms with van der Waals surface area (Å²) < 4.78 is 36.0. The maximum atomic E-state index is 13.1. The molecule has 0 aliphatic carbocycles. The molecule has 1 heterocycles. The van der Waals surface area contributed by atoms with Crippen molar-refractivity contribution < 1.29 is 23.1 Å². The Balaban J connectivity index is 1.61. The van der Waals surface area contributed by atoms with Crippen LogP contribution in [0.1, 0.15) is 48.9 Å². The molecule has 2 N–H and O–H groups in total. The number of aromatic nitrogens is 1. The Labute approximate surface area is 240 Å². The first kappa shape index (κ1) is 29.4. The van der Waals surface area contributed by atoms with Gasteiger partial charge in [0.25, 0.3) is 0 Å². The number of benzene rings is 3. The van der Waals surface area contributed by atoms with Crippen molar-refractivity contribution in [1.82, 2.24) is 9.29 Å². The minimum atomic E-state index is -4.16. The summed E-state index contributed by atoms with van der Waals surface area (Å²) in [4.78, 5) is 12.2. The molecule has 0 spiro atoms. The first-order chi connectivity index (χ1) is 19.6. The molecule has 0 radical (unpaired) electrons. The summed E-state index contributed by atoms with van der Waals surface area (Å²) in [5, 5.41) is 20.1. The van der Waals surface area contributed by atoms with E-state index < -0.39 is 22.0 Å². The standard InChI is InChI=1S/C32H31N3O5S/c1-4-5-16-40-27-11-13-28(14-12-27)41(38,39)34-30(32(36)37)18-26-21-35(31-15-8-24(19-33)17-29(26)31)20-23-6-9-25(10-7-23)22(2)3/h6-15,17,21-22,30,34H,16,18,20H2,1-3H3,(H,36,37). The third kappa shape index (κ3) is 7.15. The highest BCUT2D eigenvalue weighted by atomic mass is 32.2. The molecule has 0 amide bonds. The Morgan fingerprint density at radius 3 is 2.39 bits per heavy atom. The van der Waals surface area contributed by atoms with Gasteiger partial charge in [-0.05, 0) is 72.0 Å². The van der Waals surface area contributed by atoms with Crippen LogP contribution in [-0.4, -0.2) is 36.7 Å². The van der Waals surface area contributed by atoms with Crippen molar-refractivity contribution in [3.63, 3.8) is 0 Å². The first-order valence-corrected chi connectivity index (χ1v) is 14.6. The fourth-order valence-electron chi connectivity index (χ4n) is 4.50. The Morgan fingerprint density at radius 1 is 1.07 bits per heavy atom. The summed E-state index contributed by atoms with van der Waals surface area (Å²) in [5.74, 6) is 5.01. The number of fused-ring (bicyclic) bond motifs is 1. The maximum absolute atomic E-state index is 13.1. The summed E-state index contributed by atoms with van der Waals surface area (Å²) >= 11 is 0. The van der Waals surface area contributed by atoms with E-state index in [9.17, 15) is 23.6 Å². The average molecular weight is 570 g/mol. The Bertz CT molecular complexity index is 1750. The fraction of sp³-hybridized carbons (Fsp3) is 0.250. The molecule has 0 aliphatic rings. The van der Waals surface area contributed by atoms with Gasteiger partial charge in [-0.25, -0.2) is 8.42 Å². The van der Waals surface area contributed by atoms with Gasteiger partial charge in [-0.2, -0.15) is 9.98 Å². The van der Waals surface area contributed by atoms with Gasteiger partial charge in [-0.1, -0.05) is 44.0 Å². The number of sulfonamides is 1. The number of aliphatic carboxylic acids is 1. The zero-order chi connectivity index (χ0) is 29.6. The quantitative estimate of drug-likeness (QED) is 0.244. The van der Waals surface area contributed by atoms with Gasteiger partial charge in [-0.15, -0.1) is 5.92 Å². The van der Waals surface area contributed by atoms with Crippen molar-refractivity contribution in [2.75, 3.05) is 6.61 Å². The van der Waals surface area contributed by atoms with Crippen molar-refractivity contribution in [2.45, 2.75) is 50.6 Å². The number of hydrogen-bond donors (Lipinski definition) is 2. The van der Waals surface area contributed by atoms with Crippen molar-refractivity contribution in [3.8, 4) is 23.7 Å². The number of nitriles is 1. The SMILES string of the molecule is CC#CCOc1ccc(S(=O)(=O)NC(Cc2cn(Cc3ccc(C(C)C)cc3)c3ccc(C#N)cc23)C(=O)O)cc1. The number of hydrogen-bond acceptors (Lipinski definition) is 5. The van der Waals surface area contributed by atoms with Crippen molar-refractivity contribution in [2.24, 2.45) is 0 Å². The average Bonchev–Trinajstić information content (AvgIpc) is 3.29. The lowest BCUT2D eigenvalue weighted by atomic mass is 10.0. The molecule has 0 fully saturated rings. The van der Waals surface area contributed by atoms with Gasteiger partial charge < -0.3 is 14.4 Å². The molecule has 1 atom stereocenters. The van der Waals surface area contributed by atoms with Gasteiger partial charge in [0.05, 0.1) is 16.5 Å². The van der Waals surface area contributed by atoms with Crippen molar-refractivity contribution >= 4 is 26.9 Å². The number of nitrogens with one attached hydrogen (secondary N) is 1. The highest BCUT2D eigenvalue weighted by molar-refractivity contribution is 7.89. The highest BCUT2D eigenvalue weighted by Gasteiger charge is 2.27. The molecule has 0 saturated heterocycles. The lowest BCUT2D eigenvalue weighted by Crippen LogP contribution is -2.42. The zero-order valence-electron chi connectivity index (χ0n) is 23.1. The predicted molar refractivity (Wildman–Crippen MR) is 157 cm³/mol. The number of nitrogens with zero attached hydrogens (tertiary/aromatic N) is 2. The summed E-state index contributed by atoms with van der Waals surface area (Å²) in [5.41, 5.74) is 4.16. The monoisotopic (exact) mass is 569 g/mol. The number of carboxylic acids is 1. The third-order valence-corrected chi connectivity index (χ3v) is 8.22. The molecule has 0 aliphatic heterocycles. The second kappa shape index (κ2) is 12.7. The van der Waals surface area contributed by atoms with E-state index in [4.69, 9.17) is 4.74 Å². The number of rotatable bonds is 11. The maximum Gasteiger partial charge on any atom is 0.322 e. The predicted octanol–water partition coefficient (Wildman–Crippen LogP) is 5.06. The summed E-state index contributed by atoms with van der Waals surface area (Å²) in [6.07, 6.45) is 1.72. The third-order valence-electron chi connectivity index (χ3n) is 6.73. The minimum absolute atomic E-state index is 0.0864. The van der Waals surface area contributed by atoms with E-state index in [2.05, 4.69) is 60.7 Å². The minimum Gasteiger partial charge on any atom is -0.481 e. The molecule has 9 heteroatoms. The van der Waals surface area contributed by atoms with E-state index in [1.165, 1.54) is 29.8 Å². The van der Waals surface area contributed by atoms with Gasteiger partial charge in [0, 0.05) is 30.1 Å². The smallest absolute Gasteiger partial charge is 0.322 e. The Morgan fingerprint density at radius 2 is 1.78 bits per heavy atom. The zero-order valence-corrected chi connectivity index (χ0v) is 23.9. The lowest BCUT2D eigenvalue weighted by molar-refractivity contribution is -0.138. The van der Waals surface area contributed by atoms with E-state index in [1.807, 2.05) is 16.8 Å². The molecule has 4 rings (SSSR count). The van der Waals surface area contributed by atoms with Gasteiger partial charge in [0.15, 0.2) is 0 Å². The van der Waals surface area contributed by atoms with Crippen LogP contribution in [0.25, 0.3) is 10.9 Å². The topological polar surface area (TPSA) is 121 Å². The molecule has 3 aromatic carbocycles. The van der Waals surface area contributed by atoms with Gasteiger partial charge in [-0.3, -0.25) is 4.79 Å². The van der Waals surface area contributed by atoms with E-state index in [-0.39, 0.29) is 17.9 Å². The van der Waals surface area contributed by atoms with Crippen LogP contribution in [0, 0.1) is 23.2 Å². The van der Waals surface area contributed by atoms with Gasteiger partial charge in [0.1, 0.15) is 18.4 Å². The molecular formula is C32H31N3O5S. The summed E-state index contributed by atoms with van der Waals surface area (Å²) in [6.45, 7) is 6.66. The molecule has 210 valence electrons. The summed E-state index contributed by atoms with van der Waals surface area (Å²) in [6, 6.07) is 19.9. The molecule has 0 saturated carbocycles. The number of carboxylic acid groups (broad SMARTS) is 1. The normalized spacial score (nSPS) is 12.0. The molecule has 41 heavy (non-hydrogen) atoms. The van der Waals surface area contributed by atoms with E-state index in [0.717, 1.165) is 11.1 Å². The second-order valence-corrected chi connectivity index (χ2v) is 11.6. The lowest BCUT2D eigenvalue weighted by Gasteiger charge is -2.15. The molecule has 1 unspecified atom stereocenters. The van der Waals surface area contributed by atoms with Crippen LogP contribution in [0.4, 0.5) is 0 Å². The highest BCUT2D eigenvalue weighted by Crippen LogP contribution is 2.26. The van der Waals surface area contributed by atoms with E-state index >= 15 is 0 Å².